The third-order valence-corrected chi connectivity index (χ3v) is 4.89. The number of carbonyl (C=O) groups is 1. The van der Waals surface area contributed by atoms with E-state index in [-0.39, 0.29) is 83.8 Å². The largest absolute Gasteiger partial charge is 0.506 e. The zero-order valence-electron chi connectivity index (χ0n) is 15.1. The Kier molecular flexibility index (Phi) is 9.53. The van der Waals surface area contributed by atoms with Crippen molar-refractivity contribution in [2.24, 2.45) is 10.2 Å². The van der Waals surface area contributed by atoms with Crippen molar-refractivity contribution in [2.45, 2.75) is 4.90 Å². The first-order chi connectivity index (χ1) is 12.7. The Balaban J connectivity index is 0.00000210. The Labute approximate surface area is 222 Å². The van der Waals surface area contributed by atoms with Crippen LogP contribution >= 0.6 is 11.6 Å². The van der Waals surface area contributed by atoms with E-state index in [1.165, 1.54) is 6.07 Å². The number of halogens is 1. The van der Waals surface area contributed by atoms with Gasteiger partial charge in [-0.25, -0.2) is 4.79 Å². The van der Waals surface area contributed by atoms with Gasteiger partial charge in [0.05, 0.1) is 10.6 Å². The van der Waals surface area contributed by atoms with E-state index in [0.29, 0.717) is 5.39 Å². The van der Waals surface area contributed by atoms with Crippen molar-refractivity contribution in [3.63, 3.8) is 0 Å². The number of hydrogen-bond acceptors (Lipinski definition) is 6. The van der Waals surface area contributed by atoms with Crippen LogP contribution in [-0.4, -0.2) is 96.4 Å². The molecule has 0 fully saturated rings. The SMILES string of the molecule is O=C(O)c1cc(N=Nc2c(O)ccc3ccccc23)c(S(=O)(=O)O)cc1Cl.[Ca].[Na]. The number of fused-ring (bicyclic) bond motifs is 1. The molecule has 0 saturated carbocycles. The van der Waals surface area contributed by atoms with Crippen LogP contribution in [0.3, 0.4) is 0 Å². The number of azo groups is 1. The van der Waals surface area contributed by atoms with Gasteiger partial charge in [0.15, 0.2) is 0 Å². The van der Waals surface area contributed by atoms with Gasteiger partial charge in [0.1, 0.15) is 22.0 Å². The summed E-state index contributed by atoms with van der Waals surface area (Å²) in [5, 5.41) is 27.7. The summed E-state index contributed by atoms with van der Waals surface area (Å²) < 4.78 is 32.5. The van der Waals surface area contributed by atoms with E-state index in [1.807, 2.05) is 0 Å². The summed E-state index contributed by atoms with van der Waals surface area (Å²) in [6.07, 6.45) is 0. The first-order valence-electron chi connectivity index (χ1n) is 7.35. The standard InChI is InChI=1S/C17H11ClN2O6S.Ca.Na/c18-12-8-15(27(24,25)26)13(7-11(12)17(22)23)19-20-16-10-4-2-1-3-9(10)5-6-14(16)21;;/h1-8,21H,(H,22,23)(H,24,25,26);;. The number of carboxylic acids is 1. The van der Waals surface area contributed by atoms with Crippen LogP contribution in [-0.2, 0) is 10.1 Å². The van der Waals surface area contributed by atoms with E-state index >= 15 is 0 Å². The molecular formula is C17H11CaClN2NaO6S. The normalized spacial score (nSPS) is 11.1. The number of aromatic carboxylic acids is 1. The molecule has 0 heterocycles. The number of aromatic hydroxyl groups is 1. The number of phenols is 1. The van der Waals surface area contributed by atoms with Crippen molar-refractivity contribution in [1.82, 2.24) is 0 Å². The van der Waals surface area contributed by atoms with Crippen LogP contribution in [0.15, 0.2) is 63.7 Å². The van der Waals surface area contributed by atoms with Gasteiger partial charge in [-0.2, -0.15) is 8.42 Å². The molecule has 0 amide bonds. The van der Waals surface area contributed by atoms with Crippen LogP contribution in [0.25, 0.3) is 10.8 Å². The second-order valence-electron chi connectivity index (χ2n) is 5.43. The van der Waals surface area contributed by atoms with Crippen LogP contribution in [0, 0.1) is 0 Å². The zero-order chi connectivity index (χ0) is 19.8. The monoisotopic (exact) mass is 469 g/mol. The predicted molar refractivity (Wildman–Crippen MR) is 110 cm³/mol. The second kappa shape index (κ2) is 10.5. The van der Waals surface area contributed by atoms with E-state index < -0.39 is 32.2 Å². The number of nitrogens with zero attached hydrogens (tertiary/aromatic N) is 2. The molecule has 141 valence electrons. The predicted octanol–water partition coefficient (Wildman–Crippen LogP) is 3.80. The fraction of sp³-hybridized carbons (Fsp3) is 0. The number of phenolic OH excluding ortho intramolecular Hbond substituents is 1. The molecule has 0 unspecified atom stereocenters. The van der Waals surface area contributed by atoms with Crippen LogP contribution in [0.5, 0.6) is 5.75 Å². The van der Waals surface area contributed by atoms with Crippen molar-refractivity contribution in [3.05, 3.63) is 59.1 Å². The summed E-state index contributed by atoms with van der Waals surface area (Å²) in [5.41, 5.74) is -0.798. The molecule has 0 atom stereocenters. The average Bonchev–Trinajstić information content (AvgIpc) is 2.60. The Bertz CT molecular complexity index is 1220. The maximum absolute atomic E-state index is 11.6. The van der Waals surface area contributed by atoms with Crippen molar-refractivity contribution >= 4 is 117 Å². The van der Waals surface area contributed by atoms with E-state index in [4.69, 9.17) is 16.7 Å². The molecule has 3 aromatic rings. The van der Waals surface area contributed by atoms with Gasteiger partial charge in [-0.05, 0) is 23.6 Å². The number of hydrogen-bond donors (Lipinski definition) is 3. The molecule has 29 heavy (non-hydrogen) atoms. The maximum atomic E-state index is 11.6. The number of benzene rings is 3. The van der Waals surface area contributed by atoms with Crippen LogP contribution < -0.4 is 0 Å². The Morgan fingerprint density at radius 3 is 2.31 bits per heavy atom. The van der Waals surface area contributed by atoms with Gasteiger partial charge in [-0.3, -0.25) is 4.55 Å². The molecule has 0 saturated heterocycles. The summed E-state index contributed by atoms with van der Waals surface area (Å²) in [6.45, 7) is 0. The fourth-order valence-electron chi connectivity index (χ4n) is 2.44. The molecule has 3 radical (unpaired) electrons. The van der Waals surface area contributed by atoms with Gasteiger partial charge >= 0.3 is 5.97 Å². The Hall–Kier alpha value is -0.750. The maximum Gasteiger partial charge on any atom is 0.337 e. The minimum atomic E-state index is -4.75. The van der Waals surface area contributed by atoms with E-state index in [1.54, 1.807) is 30.3 Å². The number of carboxylic acid groups (broad SMARTS) is 1. The third-order valence-electron chi connectivity index (χ3n) is 3.69. The summed E-state index contributed by atoms with van der Waals surface area (Å²) >= 11 is 5.75. The Morgan fingerprint density at radius 1 is 1.03 bits per heavy atom. The van der Waals surface area contributed by atoms with Crippen LogP contribution in [0.4, 0.5) is 11.4 Å². The van der Waals surface area contributed by atoms with Crippen molar-refractivity contribution < 1.29 is 28.0 Å². The van der Waals surface area contributed by atoms with Gasteiger partial charge in [0.25, 0.3) is 10.1 Å². The first kappa shape index (κ1) is 26.3. The molecule has 0 aliphatic heterocycles. The Morgan fingerprint density at radius 2 is 1.69 bits per heavy atom. The number of rotatable bonds is 4. The zero-order valence-corrected chi connectivity index (χ0v) is 20.9. The van der Waals surface area contributed by atoms with Crippen molar-refractivity contribution in [2.75, 3.05) is 0 Å². The van der Waals surface area contributed by atoms with Crippen LogP contribution in [0.2, 0.25) is 5.02 Å². The summed E-state index contributed by atoms with van der Waals surface area (Å²) in [6, 6.07) is 11.7. The molecule has 3 aromatic carbocycles. The van der Waals surface area contributed by atoms with Crippen molar-refractivity contribution in [1.29, 1.82) is 0 Å². The smallest absolute Gasteiger partial charge is 0.337 e. The van der Waals surface area contributed by atoms with Crippen LogP contribution in [0.1, 0.15) is 10.4 Å². The van der Waals surface area contributed by atoms with E-state index in [0.717, 1.165) is 17.5 Å². The third kappa shape index (κ3) is 5.90. The van der Waals surface area contributed by atoms with Gasteiger partial charge in [0.2, 0.25) is 0 Å². The molecule has 0 bridgehead atoms. The second-order valence-corrected chi connectivity index (χ2v) is 7.23. The molecule has 0 spiro atoms. The molecule has 3 N–H and O–H groups in total. The topological polar surface area (TPSA) is 137 Å². The molecule has 12 heteroatoms. The fourth-order valence-corrected chi connectivity index (χ4v) is 3.38. The quantitative estimate of drug-likeness (QED) is 0.302. The van der Waals surface area contributed by atoms with Gasteiger partial charge in [0, 0.05) is 72.7 Å². The molecule has 0 aliphatic carbocycles. The first-order valence-corrected chi connectivity index (χ1v) is 9.17. The minimum absolute atomic E-state index is 0. The van der Waals surface area contributed by atoms with Crippen molar-refractivity contribution in [3.8, 4) is 5.75 Å². The van der Waals surface area contributed by atoms with Gasteiger partial charge in [-0.1, -0.05) is 41.9 Å². The van der Waals surface area contributed by atoms with Gasteiger partial charge in [-0.15, -0.1) is 10.2 Å². The summed E-state index contributed by atoms with van der Waals surface area (Å²) in [5.74, 6) is -1.62. The average molecular weight is 470 g/mol. The molecule has 0 aromatic heterocycles. The molecule has 3 rings (SSSR count). The van der Waals surface area contributed by atoms with Gasteiger partial charge < -0.3 is 10.2 Å². The minimum Gasteiger partial charge on any atom is -0.506 e. The summed E-state index contributed by atoms with van der Waals surface area (Å²) in [7, 11) is -4.75. The van der Waals surface area contributed by atoms with E-state index in [9.17, 15) is 22.9 Å². The molecule has 8 nitrogen and oxygen atoms in total. The molecule has 0 aliphatic rings. The van der Waals surface area contributed by atoms with E-state index in [2.05, 4.69) is 10.2 Å². The summed E-state index contributed by atoms with van der Waals surface area (Å²) in [4.78, 5) is 10.5. The molecular weight excluding hydrogens is 459 g/mol.